The minimum atomic E-state index is -0.592. The number of nitrogens with two attached hydrogens (primary N) is 1. The molecule has 0 saturated heterocycles. The first-order chi connectivity index (χ1) is 7.93. The lowest BCUT2D eigenvalue weighted by atomic mass is 9.70. The number of aliphatic hydroxyl groups excluding tert-OH is 1. The summed E-state index contributed by atoms with van der Waals surface area (Å²) in [4.78, 5) is 11.0. The van der Waals surface area contributed by atoms with Crippen LogP contribution in [0.5, 0.6) is 0 Å². The van der Waals surface area contributed by atoms with Crippen LogP contribution in [0, 0.1) is 23.7 Å². The fourth-order valence-electron chi connectivity index (χ4n) is 2.49. The normalized spacial score (nSPS) is 28.5. The van der Waals surface area contributed by atoms with Gasteiger partial charge in [0.2, 0.25) is 0 Å². The van der Waals surface area contributed by atoms with Crippen LogP contribution in [0.15, 0.2) is 0 Å². The predicted molar refractivity (Wildman–Crippen MR) is 68.6 cm³/mol. The van der Waals surface area contributed by atoms with Gasteiger partial charge in [-0.3, -0.25) is 4.79 Å². The van der Waals surface area contributed by atoms with Crippen molar-refractivity contribution in [1.82, 2.24) is 0 Å². The topological polar surface area (TPSA) is 83.5 Å². The molecular formula is C13H27NO3. The van der Waals surface area contributed by atoms with Crippen molar-refractivity contribution in [3.8, 4) is 0 Å². The highest BCUT2D eigenvalue weighted by Gasteiger charge is 2.35. The van der Waals surface area contributed by atoms with Crippen LogP contribution in [0.1, 0.15) is 40.0 Å². The Morgan fingerprint density at radius 1 is 1.41 bits per heavy atom. The third-order valence-corrected chi connectivity index (χ3v) is 3.47. The Bertz CT molecular complexity index is 217. The molecule has 3 unspecified atom stereocenters. The molecule has 102 valence electrons. The first kappa shape index (κ1) is 16.4. The molecule has 0 aromatic carbocycles. The van der Waals surface area contributed by atoms with Gasteiger partial charge >= 0.3 is 5.97 Å². The zero-order chi connectivity index (χ0) is 13.4. The molecule has 0 heterocycles. The molecule has 0 amide bonds. The molecule has 1 saturated carbocycles. The average Bonchev–Trinajstić information content (AvgIpc) is 2.28. The van der Waals surface area contributed by atoms with Crippen molar-refractivity contribution in [2.75, 3.05) is 13.2 Å². The Morgan fingerprint density at radius 2 is 1.94 bits per heavy atom. The highest BCUT2D eigenvalue weighted by Crippen LogP contribution is 2.37. The molecule has 4 nitrogen and oxygen atoms in total. The molecule has 4 heteroatoms. The van der Waals surface area contributed by atoms with Crippen molar-refractivity contribution in [1.29, 1.82) is 0 Å². The van der Waals surface area contributed by atoms with Crippen LogP contribution in [0.2, 0.25) is 0 Å². The lowest BCUT2D eigenvalue weighted by Gasteiger charge is -2.34. The first-order valence-electron chi connectivity index (χ1n) is 6.47. The first-order valence-corrected chi connectivity index (χ1v) is 6.47. The van der Waals surface area contributed by atoms with Gasteiger partial charge in [0.25, 0.3) is 0 Å². The number of carboxylic acids is 1. The van der Waals surface area contributed by atoms with Gasteiger partial charge in [-0.25, -0.2) is 0 Å². The van der Waals surface area contributed by atoms with E-state index in [1.807, 2.05) is 0 Å². The maximum absolute atomic E-state index is 11.0. The van der Waals surface area contributed by atoms with Crippen LogP contribution in [-0.4, -0.2) is 29.3 Å². The molecule has 0 aromatic rings. The third kappa shape index (κ3) is 6.03. The van der Waals surface area contributed by atoms with Crippen molar-refractivity contribution in [2.24, 2.45) is 29.4 Å². The number of rotatable bonds is 3. The zero-order valence-electron chi connectivity index (χ0n) is 11.2. The molecule has 0 aromatic heterocycles. The molecule has 1 aliphatic carbocycles. The molecule has 17 heavy (non-hydrogen) atoms. The van der Waals surface area contributed by atoms with Gasteiger partial charge in [0, 0.05) is 6.54 Å². The molecule has 1 aliphatic rings. The van der Waals surface area contributed by atoms with Crippen molar-refractivity contribution in [3.05, 3.63) is 0 Å². The van der Waals surface area contributed by atoms with Gasteiger partial charge < -0.3 is 15.9 Å². The molecule has 0 radical (unpaired) electrons. The predicted octanol–water partition coefficient (Wildman–Crippen LogP) is 1.72. The second kappa shape index (κ2) is 8.48. The van der Waals surface area contributed by atoms with Crippen LogP contribution in [-0.2, 0) is 4.79 Å². The summed E-state index contributed by atoms with van der Waals surface area (Å²) in [5.74, 6) is 0.812. The number of carboxylic acid groups (broad SMARTS) is 1. The van der Waals surface area contributed by atoms with E-state index in [0.29, 0.717) is 24.3 Å². The number of aliphatic hydroxyl groups is 1. The van der Waals surface area contributed by atoms with Crippen LogP contribution in [0.3, 0.4) is 0 Å². The van der Waals surface area contributed by atoms with E-state index in [0.717, 1.165) is 12.8 Å². The zero-order valence-corrected chi connectivity index (χ0v) is 11.2. The van der Waals surface area contributed by atoms with Crippen molar-refractivity contribution in [2.45, 2.75) is 40.0 Å². The van der Waals surface area contributed by atoms with E-state index in [9.17, 15) is 4.79 Å². The summed E-state index contributed by atoms with van der Waals surface area (Å²) in [6.07, 6.45) is 3.17. The van der Waals surface area contributed by atoms with Gasteiger partial charge in [0.1, 0.15) is 0 Å². The fraction of sp³-hybridized carbons (Fsp3) is 0.923. The smallest absolute Gasteiger partial charge is 0.306 e. The molecule has 1 rings (SSSR count). The van der Waals surface area contributed by atoms with E-state index < -0.39 is 5.97 Å². The van der Waals surface area contributed by atoms with Gasteiger partial charge in [0.15, 0.2) is 0 Å². The van der Waals surface area contributed by atoms with E-state index in [-0.39, 0.29) is 12.5 Å². The third-order valence-electron chi connectivity index (χ3n) is 3.47. The van der Waals surface area contributed by atoms with E-state index in [1.165, 1.54) is 6.42 Å². The molecule has 3 atom stereocenters. The fourth-order valence-corrected chi connectivity index (χ4v) is 2.49. The number of hydrogen-bond acceptors (Lipinski definition) is 3. The summed E-state index contributed by atoms with van der Waals surface area (Å²) in [6.45, 7) is 6.90. The Hall–Kier alpha value is -0.610. The maximum atomic E-state index is 11.0. The molecule has 4 N–H and O–H groups in total. The summed E-state index contributed by atoms with van der Waals surface area (Å²) in [6, 6.07) is 0. The van der Waals surface area contributed by atoms with Crippen molar-refractivity contribution >= 4 is 5.97 Å². The van der Waals surface area contributed by atoms with E-state index in [1.54, 1.807) is 0 Å². The van der Waals surface area contributed by atoms with Gasteiger partial charge in [-0.15, -0.1) is 0 Å². The summed E-state index contributed by atoms with van der Waals surface area (Å²) >= 11 is 0. The quantitative estimate of drug-likeness (QED) is 0.707. The van der Waals surface area contributed by atoms with Gasteiger partial charge in [-0.2, -0.15) is 0 Å². The van der Waals surface area contributed by atoms with E-state index in [2.05, 4.69) is 20.8 Å². The van der Waals surface area contributed by atoms with E-state index >= 15 is 0 Å². The summed E-state index contributed by atoms with van der Waals surface area (Å²) in [5.41, 5.74) is 4.78. The average molecular weight is 245 g/mol. The Kier molecular flexibility index (Phi) is 8.17. The van der Waals surface area contributed by atoms with Crippen LogP contribution in [0.25, 0.3) is 0 Å². The maximum Gasteiger partial charge on any atom is 0.306 e. The number of carbonyl (C=O) groups is 1. The Labute approximate surface area is 104 Å². The van der Waals surface area contributed by atoms with E-state index in [4.69, 9.17) is 15.9 Å². The molecular weight excluding hydrogens is 218 g/mol. The minimum absolute atomic E-state index is 0.0938. The van der Waals surface area contributed by atoms with Crippen molar-refractivity contribution in [3.63, 3.8) is 0 Å². The van der Waals surface area contributed by atoms with Gasteiger partial charge in [-0.05, 0) is 30.6 Å². The lowest BCUT2D eigenvalue weighted by Crippen LogP contribution is -2.33. The Balaban J connectivity index is 0.000000557. The highest BCUT2D eigenvalue weighted by molar-refractivity contribution is 5.70. The van der Waals surface area contributed by atoms with Crippen LogP contribution in [0.4, 0.5) is 0 Å². The lowest BCUT2D eigenvalue weighted by molar-refractivity contribution is -0.146. The summed E-state index contributed by atoms with van der Waals surface area (Å²) in [7, 11) is 0. The van der Waals surface area contributed by atoms with Crippen LogP contribution >= 0.6 is 0 Å². The van der Waals surface area contributed by atoms with Gasteiger partial charge in [-0.1, -0.05) is 27.2 Å². The number of aliphatic carboxylic acids is 1. The van der Waals surface area contributed by atoms with Gasteiger partial charge in [0.05, 0.1) is 12.5 Å². The largest absolute Gasteiger partial charge is 0.481 e. The second-order valence-electron chi connectivity index (χ2n) is 5.28. The molecule has 0 spiro atoms. The molecule has 1 fully saturated rings. The second-order valence-corrected chi connectivity index (χ2v) is 5.28. The SMILES string of the molecule is CC1CCC(C(C)C)C(C(=O)O)C1.NCCO. The monoisotopic (exact) mass is 245 g/mol. The summed E-state index contributed by atoms with van der Waals surface area (Å²) in [5, 5.41) is 16.8. The molecule has 0 aliphatic heterocycles. The van der Waals surface area contributed by atoms with Crippen molar-refractivity contribution < 1.29 is 15.0 Å². The molecule has 0 bridgehead atoms. The number of hydrogen-bond donors (Lipinski definition) is 3. The highest BCUT2D eigenvalue weighted by atomic mass is 16.4. The standard InChI is InChI=1S/C11H20O2.C2H7NO/c1-7(2)9-5-4-8(3)6-10(9)11(12)13;3-1-2-4/h7-10H,4-6H2,1-3H3,(H,12,13);4H,1-3H2. The Morgan fingerprint density at radius 3 is 2.29 bits per heavy atom. The summed E-state index contributed by atoms with van der Waals surface area (Å²) < 4.78 is 0. The minimum Gasteiger partial charge on any atom is -0.481 e. The van der Waals surface area contributed by atoms with Crippen LogP contribution < -0.4 is 5.73 Å².